The first-order chi connectivity index (χ1) is 5.83. The molecule has 0 spiro atoms. The summed E-state index contributed by atoms with van der Waals surface area (Å²) in [4.78, 5) is 0. The predicted octanol–water partition coefficient (Wildman–Crippen LogP) is 1.89. The van der Waals surface area contributed by atoms with Crippen LogP contribution in [0.1, 0.15) is 12.5 Å². The van der Waals surface area contributed by atoms with E-state index >= 15 is 0 Å². The van der Waals surface area contributed by atoms with E-state index in [1.165, 1.54) is 0 Å². The van der Waals surface area contributed by atoms with Gasteiger partial charge in [-0.25, -0.2) is 0 Å². The minimum absolute atomic E-state index is 0.416. The molecule has 1 aromatic carbocycles. The highest BCUT2D eigenvalue weighted by Gasteiger charge is 1.82. The van der Waals surface area contributed by atoms with E-state index in [0.717, 1.165) is 5.56 Å². The van der Waals surface area contributed by atoms with Crippen LogP contribution in [0.3, 0.4) is 0 Å². The molecule has 0 bridgehead atoms. The molecule has 2 heteroatoms. The lowest BCUT2D eigenvalue weighted by Crippen LogP contribution is -1.83. The first-order valence-corrected chi connectivity index (χ1v) is 3.58. The zero-order valence-corrected chi connectivity index (χ0v) is 6.78. The SMILES string of the molecule is C/C(C#Cc1ccccc1)=N/O. The van der Waals surface area contributed by atoms with Crippen molar-refractivity contribution in [2.24, 2.45) is 5.16 Å². The van der Waals surface area contributed by atoms with Gasteiger partial charge in [0.05, 0.1) is 0 Å². The van der Waals surface area contributed by atoms with E-state index < -0.39 is 0 Å². The van der Waals surface area contributed by atoms with E-state index in [-0.39, 0.29) is 0 Å². The molecule has 1 aromatic rings. The van der Waals surface area contributed by atoms with Crippen LogP contribution >= 0.6 is 0 Å². The van der Waals surface area contributed by atoms with Crippen LogP contribution in [0.15, 0.2) is 35.5 Å². The topological polar surface area (TPSA) is 32.6 Å². The maximum atomic E-state index is 8.30. The van der Waals surface area contributed by atoms with Gasteiger partial charge in [0.25, 0.3) is 0 Å². The number of oxime groups is 1. The molecule has 1 N–H and O–H groups in total. The molecule has 60 valence electrons. The number of hydrogen-bond donors (Lipinski definition) is 1. The Kier molecular flexibility index (Phi) is 2.92. The molecule has 0 aliphatic rings. The lowest BCUT2D eigenvalue weighted by Gasteiger charge is -1.85. The fraction of sp³-hybridized carbons (Fsp3) is 0.100. The van der Waals surface area contributed by atoms with Gasteiger partial charge in [-0.1, -0.05) is 29.3 Å². The fourth-order valence-electron chi connectivity index (χ4n) is 0.709. The van der Waals surface area contributed by atoms with E-state index in [9.17, 15) is 0 Å². The number of hydrogen-bond acceptors (Lipinski definition) is 2. The third kappa shape index (κ3) is 2.47. The molecule has 0 radical (unpaired) electrons. The van der Waals surface area contributed by atoms with Crippen molar-refractivity contribution in [1.82, 2.24) is 0 Å². The van der Waals surface area contributed by atoms with Gasteiger partial charge in [0.1, 0.15) is 5.71 Å². The third-order valence-corrected chi connectivity index (χ3v) is 1.31. The van der Waals surface area contributed by atoms with E-state index in [2.05, 4.69) is 17.0 Å². The van der Waals surface area contributed by atoms with Gasteiger partial charge in [-0.05, 0) is 25.0 Å². The number of rotatable bonds is 0. The van der Waals surface area contributed by atoms with Crippen LogP contribution < -0.4 is 0 Å². The molecular weight excluding hydrogens is 150 g/mol. The average Bonchev–Trinajstić information content (AvgIpc) is 2.16. The molecule has 0 saturated carbocycles. The first-order valence-electron chi connectivity index (χ1n) is 3.58. The van der Waals surface area contributed by atoms with Gasteiger partial charge < -0.3 is 5.21 Å². The zero-order valence-electron chi connectivity index (χ0n) is 6.78. The van der Waals surface area contributed by atoms with Gasteiger partial charge in [0, 0.05) is 5.56 Å². The van der Waals surface area contributed by atoms with Crippen molar-refractivity contribution in [2.75, 3.05) is 0 Å². The molecule has 2 nitrogen and oxygen atoms in total. The highest BCUT2D eigenvalue weighted by molar-refractivity contribution is 5.98. The summed E-state index contributed by atoms with van der Waals surface area (Å²) < 4.78 is 0. The summed E-state index contributed by atoms with van der Waals surface area (Å²) >= 11 is 0. The summed E-state index contributed by atoms with van der Waals surface area (Å²) in [6.45, 7) is 1.65. The normalized spacial score (nSPS) is 10.2. The van der Waals surface area contributed by atoms with E-state index in [1.54, 1.807) is 6.92 Å². The molecule has 0 amide bonds. The largest absolute Gasteiger partial charge is 0.410 e. The molecule has 0 aliphatic carbocycles. The van der Waals surface area contributed by atoms with Crippen LogP contribution in [0.5, 0.6) is 0 Å². The maximum absolute atomic E-state index is 8.30. The lowest BCUT2D eigenvalue weighted by molar-refractivity contribution is 0.319. The van der Waals surface area contributed by atoms with Gasteiger partial charge in [-0.2, -0.15) is 0 Å². The van der Waals surface area contributed by atoms with Crippen LogP contribution in [0.2, 0.25) is 0 Å². The molecule has 0 heterocycles. The van der Waals surface area contributed by atoms with E-state index in [0.29, 0.717) is 5.71 Å². The Balaban J connectivity index is 2.81. The van der Waals surface area contributed by atoms with E-state index in [1.807, 2.05) is 30.3 Å². The smallest absolute Gasteiger partial charge is 0.126 e. The van der Waals surface area contributed by atoms with Crippen LogP contribution in [-0.4, -0.2) is 10.9 Å². The quantitative estimate of drug-likeness (QED) is 0.266. The van der Waals surface area contributed by atoms with Crippen molar-refractivity contribution in [3.63, 3.8) is 0 Å². The summed E-state index contributed by atoms with van der Waals surface area (Å²) in [5, 5.41) is 11.2. The predicted molar refractivity (Wildman–Crippen MR) is 48.2 cm³/mol. The van der Waals surface area contributed by atoms with Crippen molar-refractivity contribution in [1.29, 1.82) is 0 Å². The average molecular weight is 159 g/mol. The monoisotopic (exact) mass is 159 g/mol. The van der Waals surface area contributed by atoms with Crippen molar-refractivity contribution in [2.45, 2.75) is 6.92 Å². The summed E-state index contributed by atoms with van der Waals surface area (Å²) in [6.07, 6.45) is 0. The first kappa shape index (κ1) is 8.35. The Hall–Kier alpha value is -1.75. The molecule has 1 rings (SSSR count). The fourth-order valence-corrected chi connectivity index (χ4v) is 0.709. The van der Waals surface area contributed by atoms with Crippen molar-refractivity contribution < 1.29 is 5.21 Å². The molecule has 0 fully saturated rings. The van der Waals surface area contributed by atoms with Gasteiger partial charge >= 0.3 is 0 Å². The summed E-state index contributed by atoms with van der Waals surface area (Å²) in [6, 6.07) is 9.55. The molecule has 0 unspecified atom stereocenters. The Labute approximate surface area is 71.5 Å². The maximum Gasteiger partial charge on any atom is 0.126 e. The number of benzene rings is 1. The van der Waals surface area contributed by atoms with Crippen LogP contribution in [0.4, 0.5) is 0 Å². The minimum Gasteiger partial charge on any atom is -0.410 e. The highest BCUT2D eigenvalue weighted by atomic mass is 16.4. The number of nitrogens with zero attached hydrogens (tertiary/aromatic N) is 1. The van der Waals surface area contributed by atoms with Gasteiger partial charge in [-0.3, -0.25) is 0 Å². The van der Waals surface area contributed by atoms with Gasteiger partial charge in [0.2, 0.25) is 0 Å². The standard InChI is InChI=1S/C10H9NO/c1-9(11-12)7-8-10-5-3-2-4-6-10/h2-6,12H,1H3/b11-9-. The molecule has 0 atom stereocenters. The second-order valence-corrected chi connectivity index (χ2v) is 2.30. The summed E-state index contributed by atoms with van der Waals surface area (Å²) in [5.41, 5.74) is 1.33. The second kappa shape index (κ2) is 4.20. The highest BCUT2D eigenvalue weighted by Crippen LogP contribution is 1.94. The molecule has 0 saturated heterocycles. The molecular formula is C10H9NO. The van der Waals surface area contributed by atoms with Crippen LogP contribution in [0.25, 0.3) is 0 Å². The Bertz CT molecular complexity index is 330. The third-order valence-electron chi connectivity index (χ3n) is 1.31. The second-order valence-electron chi connectivity index (χ2n) is 2.30. The zero-order chi connectivity index (χ0) is 8.81. The lowest BCUT2D eigenvalue weighted by atomic mass is 10.2. The van der Waals surface area contributed by atoms with Gasteiger partial charge in [-0.15, -0.1) is 0 Å². The van der Waals surface area contributed by atoms with E-state index in [4.69, 9.17) is 5.21 Å². The molecule has 0 aromatic heterocycles. The van der Waals surface area contributed by atoms with Crippen LogP contribution in [-0.2, 0) is 0 Å². The van der Waals surface area contributed by atoms with Crippen molar-refractivity contribution in [3.8, 4) is 11.8 Å². The Morgan fingerprint density at radius 1 is 1.33 bits per heavy atom. The minimum atomic E-state index is 0.416. The summed E-state index contributed by atoms with van der Waals surface area (Å²) in [5.74, 6) is 5.55. The van der Waals surface area contributed by atoms with Gasteiger partial charge in [0.15, 0.2) is 0 Å². The van der Waals surface area contributed by atoms with Crippen LogP contribution in [0, 0.1) is 11.8 Å². The molecule has 12 heavy (non-hydrogen) atoms. The van der Waals surface area contributed by atoms with Crippen molar-refractivity contribution in [3.05, 3.63) is 35.9 Å². The summed E-state index contributed by atoms with van der Waals surface area (Å²) in [7, 11) is 0. The Morgan fingerprint density at radius 3 is 2.58 bits per heavy atom. The van der Waals surface area contributed by atoms with Crippen molar-refractivity contribution >= 4 is 5.71 Å². The molecule has 0 aliphatic heterocycles. The Morgan fingerprint density at radius 2 is 2.00 bits per heavy atom.